The van der Waals surface area contributed by atoms with Gasteiger partial charge in [0.25, 0.3) is 5.69 Å². The number of carbonyl (C=O) groups is 1. The first-order chi connectivity index (χ1) is 14.0. The first-order valence-electron chi connectivity index (χ1n) is 9.49. The molecule has 0 spiro atoms. The van der Waals surface area contributed by atoms with E-state index >= 15 is 0 Å². The second-order valence-corrected chi connectivity index (χ2v) is 6.99. The van der Waals surface area contributed by atoms with E-state index in [1.807, 2.05) is 18.2 Å². The Labute approximate surface area is 167 Å². The first kappa shape index (κ1) is 18.9. The van der Waals surface area contributed by atoms with Gasteiger partial charge in [0.15, 0.2) is 0 Å². The van der Waals surface area contributed by atoms with Crippen LogP contribution in [0.15, 0.2) is 47.6 Å². The number of non-ortho nitro benzene ring substituents is 1. The summed E-state index contributed by atoms with van der Waals surface area (Å²) in [5.41, 5.74) is 3.55. The summed E-state index contributed by atoms with van der Waals surface area (Å²) in [5, 5.41) is 17.2. The average molecular weight is 395 g/mol. The summed E-state index contributed by atoms with van der Waals surface area (Å²) in [6, 6.07) is 11.8. The van der Waals surface area contributed by atoms with Crippen molar-refractivity contribution >= 4 is 17.5 Å². The van der Waals surface area contributed by atoms with Crippen molar-refractivity contribution in [3.05, 3.63) is 69.3 Å². The van der Waals surface area contributed by atoms with Crippen LogP contribution in [0.5, 0.6) is 5.75 Å². The Hall–Kier alpha value is -3.42. The highest BCUT2D eigenvalue weighted by Crippen LogP contribution is 2.44. The molecule has 1 heterocycles. The molecule has 0 N–H and O–H groups in total. The molecule has 4 rings (SSSR count). The summed E-state index contributed by atoms with van der Waals surface area (Å²) < 4.78 is 10.5. The Kier molecular flexibility index (Phi) is 4.92. The lowest BCUT2D eigenvalue weighted by atomic mass is 9.77. The fourth-order valence-corrected chi connectivity index (χ4v) is 4.13. The predicted octanol–water partition coefficient (Wildman–Crippen LogP) is 4.08. The van der Waals surface area contributed by atoms with Crippen LogP contribution in [0.25, 0.3) is 0 Å². The summed E-state index contributed by atoms with van der Waals surface area (Å²) in [4.78, 5) is 23.5. The number of aryl methyl sites for hydroxylation is 1. The fraction of sp³-hybridized carbons (Fsp3) is 0.333. The Morgan fingerprint density at radius 1 is 1.31 bits per heavy atom. The van der Waals surface area contributed by atoms with Crippen molar-refractivity contribution in [3.8, 4) is 5.75 Å². The van der Waals surface area contributed by atoms with E-state index in [-0.39, 0.29) is 18.2 Å². The Balaban J connectivity index is 1.78. The molecule has 1 amide bonds. The molecule has 2 aromatic rings. The van der Waals surface area contributed by atoms with Crippen molar-refractivity contribution in [2.75, 3.05) is 13.7 Å². The molecule has 2 aromatic carbocycles. The van der Waals surface area contributed by atoms with Gasteiger partial charge >= 0.3 is 6.09 Å². The second kappa shape index (κ2) is 7.54. The minimum absolute atomic E-state index is 0.0132. The fourth-order valence-electron chi connectivity index (χ4n) is 4.13. The van der Waals surface area contributed by atoms with E-state index in [1.54, 1.807) is 26.2 Å². The normalized spacial score (nSPS) is 19.8. The second-order valence-electron chi connectivity index (χ2n) is 6.99. The number of fused-ring (bicyclic) bond motifs is 3. The van der Waals surface area contributed by atoms with E-state index in [1.165, 1.54) is 17.1 Å². The number of hydrogen-bond donors (Lipinski definition) is 0. The van der Waals surface area contributed by atoms with Crippen molar-refractivity contribution < 1.29 is 19.2 Å². The number of carbonyl (C=O) groups excluding carboxylic acids is 1. The minimum atomic E-state index is -0.555. The van der Waals surface area contributed by atoms with Crippen LogP contribution >= 0.6 is 0 Å². The number of ether oxygens (including phenoxy) is 2. The third kappa shape index (κ3) is 3.30. The highest BCUT2D eigenvalue weighted by molar-refractivity contribution is 6.06. The number of hydrogen-bond acceptors (Lipinski definition) is 6. The standard InChI is InChI=1S/C21H21N3O5/c1-3-29-21(25)23-20(14-5-4-6-15(11-14)24(26)27)18-9-7-13-12-16(28-2)8-10-17(13)19(18)22-23/h4-6,8,10-12,18,20H,3,7,9H2,1-2H3/t18-,20+/m1/s1. The monoisotopic (exact) mass is 395 g/mol. The van der Waals surface area contributed by atoms with Gasteiger partial charge in [0, 0.05) is 23.6 Å². The molecule has 2 aliphatic rings. The lowest BCUT2D eigenvalue weighted by Crippen LogP contribution is -2.32. The van der Waals surface area contributed by atoms with E-state index in [0.29, 0.717) is 5.56 Å². The Morgan fingerprint density at radius 3 is 2.86 bits per heavy atom. The van der Waals surface area contributed by atoms with Crippen molar-refractivity contribution in [2.45, 2.75) is 25.8 Å². The summed E-state index contributed by atoms with van der Waals surface area (Å²) in [6.07, 6.45) is 1.02. The first-order valence-corrected chi connectivity index (χ1v) is 9.49. The molecule has 0 saturated heterocycles. The maximum Gasteiger partial charge on any atom is 0.430 e. The summed E-state index contributed by atoms with van der Waals surface area (Å²) in [5.74, 6) is 0.709. The van der Waals surface area contributed by atoms with Crippen LogP contribution < -0.4 is 4.74 Å². The van der Waals surface area contributed by atoms with Crippen LogP contribution in [0.4, 0.5) is 10.5 Å². The van der Waals surface area contributed by atoms with Crippen LogP contribution in [-0.4, -0.2) is 35.5 Å². The molecule has 2 atom stereocenters. The molecule has 0 unspecified atom stereocenters. The molecule has 8 heteroatoms. The van der Waals surface area contributed by atoms with Gasteiger partial charge in [-0.15, -0.1) is 0 Å². The Bertz CT molecular complexity index is 1000. The maximum absolute atomic E-state index is 12.6. The van der Waals surface area contributed by atoms with E-state index in [9.17, 15) is 14.9 Å². The smallest absolute Gasteiger partial charge is 0.430 e. The predicted molar refractivity (Wildman–Crippen MR) is 106 cm³/mol. The summed E-state index contributed by atoms with van der Waals surface area (Å²) in [6.45, 7) is 1.96. The van der Waals surface area contributed by atoms with Crippen LogP contribution in [-0.2, 0) is 11.2 Å². The zero-order valence-corrected chi connectivity index (χ0v) is 16.2. The van der Waals surface area contributed by atoms with Gasteiger partial charge in [-0.05, 0) is 49.1 Å². The lowest BCUT2D eigenvalue weighted by molar-refractivity contribution is -0.385. The van der Waals surface area contributed by atoms with Crippen LogP contribution in [0, 0.1) is 16.0 Å². The molecular formula is C21H21N3O5. The van der Waals surface area contributed by atoms with Gasteiger partial charge < -0.3 is 9.47 Å². The topological polar surface area (TPSA) is 94.3 Å². The van der Waals surface area contributed by atoms with Gasteiger partial charge in [0.1, 0.15) is 5.75 Å². The van der Waals surface area contributed by atoms with Crippen molar-refractivity contribution in [1.82, 2.24) is 5.01 Å². The van der Waals surface area contributed by atoms with Crippen LogP contribution in [0.1, 0.15) is 36.1 Å². The third-order valence-corrected chi connectivity index (χ3v) is 5.40. The number of hydrazone groups is 1. The molecule has 0 bridgehead atoms. The van der Waals surface area contributed by atoms with Crippen molar-refractivity contribution in [2.24, 2.45) is 11.0 Å². The maximum atomic E-state index is 12.6. The zero-order chi connectivity index (χ0) is 20.5. The largest absolute Gasteiger partial charge is 0.497 e. The number of rotatable bonds is 4. The van der Waals surface area contributed by atoms with Gasteiger partial charge in [-0.1, -0.05) is 12.1 Å². The summed E-state index contributed by atoms with van der Waals surface area (Å²) in [7, 11) is 1.63. The Morgan fingerprint density at radius 2 is 2.14 bits per heavy atom. The minimum Gasteiger partial charge on any atom is -0.497 e. The van der Waals surface area contributed by atoms with Gasteiger partial charge in [-0.2, -0.15) is 10.1 Å². The molecule has 29 heavy (non-hydrogen) atoms. The molecule has 0 radical (unpaired) electrons. The molecule has 0 saturated carbocycles. The van der Waals surface area contributed by atoms with Gasteiger partial charge in [0.05, 0.1) is 30.4 Å². The SMILES string of the molecule is CCOC(=O)N1N=C2c3ccc(OC)cc3CC[C@H]2[C@@H]1c1cccc([N+](=O)[O-])c1. The molecule has 150 valence electrons. The number of nitro groups is 1. The number of amides is 1. The third-order valence-electron chi connectivity index (χ3n) is 5.40. The number of nitro benzene ring substituents is 1. The van der Waals surface area contributed by atoms with Crippen LogP contribution in [0.3, 0.4) is 0 Å². The number of methoxy groups -OCH3 is 1. The number of nitrogens with zero attached hydrogens (tertiary/aromatic N) is 3. The van der Waals surface area contributed by atoms with E-state index in [0.717, 1.165) is 35.4 Å². The molecule has 0 aromatic heterocycles. The van der Waals surface area contributed by atoms with E-state index < -0.39 is 17.1 Å². The van der Waals surface area contributed by atoms with E-state index in [4.69, 9.17) is 9.47 Å². The van der Waals surface area contributed by atoms with Crippen LogP contribution in [0.2, 0.25) is 0 Å². The highest BCUT2D eigenvalue weighted by atomic mass is 16.6. The molecular weight excluding hydrogens is 374 g/mol. The summed E-state index contributed by atoms with van der Waals surface area (Å²) >= 11 is 0. The quantitative estimate of drug-likeness (QED) is 0.574. The molecule has 1 aliphatic heterocycles. The molecule has 0 fully saturated rings. The van der Waals surface area contributed by atoms with Crippen molar-refractivity contribution in [1.29, 1.82) is 0 Å². The molecule has 1 aliphatic carbocycles. The van der Waals surface area contributed by atoms with Gasteiger partial charge in [-0.25, -0.2) is 4.79 Å². The number of benzene rings is 2. The van der Waals surface area contributed by atoms with Gasteiger partial charge in [-0.3, -0.25) is 10.1 Å². The molecule has 8 nitrogen and oxygen atoms in total. The van der Waals surface area contributed by atoms with E-state index in [2.05, 4.69) is 5.10 Å². The average Bonchev–Trinajstić information content (AvgIpc) is 3.13. The lowest BCUT2D eigenvalue weighted by Gasteiger charge is -2.29. The zero-order valence-electron chi connectivity index (χ0n) is 16.2. The van der Waals surface area contributed by atoms with Gasteiger partial charge in [0.2, 0.25) is 0 Å². The highest BCUT2D eigenvalue weighted by Gasteiger charge is 2.45. The van der Waals surface area contributed by atoms with Crippen molar-refractivity contribution in [3.63, 3.8) is 0 Å².